The van der Waals surface area contributed by atoms with E-state index in [4.69, 9.17) is 10.00 Å². The molecule has 1 saturated carbocycles. The normalized spacial score (nSPS) is 31.5. The predicted octanol–water partition coefficient (Wildman–Crippen LogP) is 1.13. The van der Waals surface area contributed by atoms with Crippen LogP contribution in [0.15, 0.2) is 0 Å². The summed E-state index contributed by atoms with van der Waals surface area (Å²) in [6.45, 7) is 5.55. The van der Waals surface area contributed by atoms with Gasteiger partial charge in [-0.05, 0) is 19.4 Å². The molecule has 3 atom stereocenters. The smallest absolute Gasteiger partial charge is 0.108 e. The van der Waals surface area contributed by atoms with Crippen LogP contribution in [0.1, 0.15) is 32.6 Å². The maximum Gasteiger partial charge on any atom is 0.108 e. The molecule has 2 fully saturated rings. The Labute approximate surface area is 104 Å². The lowest BCUT2D eigenvalue weighted by Gasteiger charge is -2.44. The van der Waals surface area contributed by atoms with Crippen LogP contribution in [0.4, 0.5) is 0 Å². The molecule has 0 aromatic heterocycles. The fraction of sp³-hybridized carbons (Fsp3) is 0.923. The van der Waals surface area contributed by atoms with Crippen molar-refractivity contribution in [3.8, 4) is 6.07 Å². The van der Waals surface area contributed by atoms with E-state index in [1.54, 1.807) is 0 Å². The number of nitrogens with zero attached hydrogens (tertiary/aromatic N) is 2. The summed E-state index contributed by atoms with van der Waals surface area (Å²) in [5.74, 6) is 0. The largest absolute Gasteiger partial charge is 0.375 e. The average molecular weight is 237 g/mol. The summed E-state index contributed by atoms with van der Waals surface area (Å²) in [6, 6.07) is 2.86. The van der Waals surface area contributed by atoms with Crippen LogP contribution in [-0.2, 0) is 4.74 Å². The second-order valence-corrected chi connectivity index (χ2v) is 5.00. The Balaban J connectivity index is 1.92. The molecule has 0 spiro atoms. The molecule has 0 radical (unpaired) electrons. The number of likely N-dealkylation sites (N-methyl/N-ethyl adjacent to an activating group) is 1. The fourth-order valence-electron chi connectivity index (χ4n) is 3.04. The first-order valence-electron chi connectivity index (χ1n) is 6.83. The van der Waals surface area contributed by atoms with Gasteiger partial charge in [0.25, 0.3) is 0 Å². The van der Waals surface area contributed by atoms with Crippen LogP contribution in [0.2, 0.25) is 0 Å². The van der Waals surface area contributed by atoms with Crippen molar-refractivity contribution in [2.75, 3.05) is 26.2 Å². The number of ether oxygens (including phenoxy) is 1. The molecule has 0 aromatic carbocycles. The molecular formula is C13H23N3O. The highest BCUT2D eigenvalue weighted by Crippen LogP contribution is 2.28. The molecule has 1 aliphatic heterocycles. The van der Waals surface area contributed by atoms with Crippen molar-refractivity contribution in [3.63, 3.8) is 0 Å². The zero-order chi connectivity index (χ0) is 12.1. The van der Waals surface area contributed by atoms with E-state index in [9.17, 15) is 0 Å². The van der Waals surface area contributed by atoms with Crippen molar-refractivity contribution in [1.29, 1.82) is 5.26 Å². The third-order valence-electron chi connectivity index (χ3n) is 3.87. The average Bonchev–Trinajstić information content (AvgIpc) is 2.38. The number of nitriles is 1. The van der Waals surface area contributed by atoms with Crippen molar-refractivity contribution in [3.05, 3.63) is 0 Å². The highest BCUT2D eigenvalue weighted by atomic mass is 16.5. The van der Waals surface area contributed by atoms with E-state index < -0.39 is 0 Å². The van der Waals surface area contributed by atoms with Crippen LogP contribution >= 0.6 is 0 Å². The molecule has 96 valence electrons. The summed E-state index contributed by atoms with van der Waals surface area (Å²) in [5.41, 5.74) is 0. The summed E-state index contributed by atoms with van der Waals surface area (Å²) in [7, 11) is 0. The monoisotopic (exact) mass is 237 g/mol. The maximum atomic E-state index is 9.11. The molecule has 1 N–H and O–H groups in total. The standard InChI is InChI=1S/C13H23N3O/c1-2-15-11(9-14)10-16-7-8-17-13-6-4-3-5-12(13)16/h11-13,15H,2-8,10H2,1H3. The quantitative estimate of drug-likeness (QED) is 0.796. The summed E-state index contributed by atoms with van der Waals surface area (Å²) in [5, 5.41) is 12.3. The molecule has 0 amide bonds. The summed E-state index contributed by atoms with van der Waals surface area (Å²) in [6.07, 6.45) is 5.44. The lowest BCUT2D eigenvalue weighted by molar-refractivity contribution is -0.0888. The molecule has 1 saturated heterocycles. The zero-order valence-electron chi connectivity index (χ0n) is 10.7. The Bertz CT molecular complexity index is 274. The van der Waals surface area contributed by atoms with Crippen molar-refractivity contribution in [2.24, 2.45) is 0 Å². The second kappa shape index (κ2) is 6.34. The fourth-order valence-corrected chi connectivity index (χ4v) is 3.04. The Morgan fingerprint density at radius 3 is 3.06 bits per heavy atom. The van der Waals surface area contributed by atoms with Crippen molar-refractivity contribution >= 4 is 0 Å². The van der Waals surface area contributed by atoms with Crippen LogP contribution < -0.4 is 5.32 Å². The van der Waals surface area contributed by atoms with E-state index in [-0.39, 0.29) is 6.04 Å². The number of fused-ring (bicyclic) bond motifs is 1. The van der Waals surface area contributed by atoms with Gasteiger partial charge < -0.3 is 10.1 Å². The minimum Gasteiger partial charge on any atom is -0.375 e. The van der Waals surface area contributed by atoms with Gasteiger partial charge in [-0.2, -0.15) is 5.26 Å². The molecule has 2 aliphatic rings. The lowest BCUT2D eigenvalue weighted by Crippen LogP contribution is -2.55. The van der Waals surface area contributed by atoms with E-state index in [1.165, 1.54) is 25.7 Å². The van der Waals surface area contributed by atoms with Gasteiger partial charge in [0.15, 0.2) is 0 Å². The second-order valence-electron chi connectivity index (χ2n) is 5.00. The molecule has 4 heteroatoms. The number of morpholine rings is 1. The Morgan fingerprint density at radius 1 is 1.47 bits per heavy atom. The molecule has 1 aliphatic carbocycles. The van der Waals surface area contributed by atoms with Crippen molar-refractivity contribution in [2.45, 2.75) is 50.8 Å². The lowest BCUT2D eigenvalue weighted by atomic mass is 9.90. The highest BCUT2D eigenvalue weighted by Gasteiger charge is 2.34. The summed E-state index contributed by atoms with van der Waals surface area (Å²) >= 11 is 0. The first kappa shape index (κ1) is 12.8. The van der Waals surface area contributed by atoms with Gasteiger partial charge in [0.05, 0.1) is 18.8 Å². The number of hydrogen-bond acceptors (Lipinski definition) is 4. The van der Waals surface area contributed by atoms with E-state index >= 15 is 0 Å². The summed E-state index contributed by atoms with van der Waals surface area (Å²) in [4.78, 5) is 2.46. The first-order chi connectivity index (χ1) is 8.35. The van der Waals surface area contributed by atoms with Crippen molar-refractivity contribution < 1.29 is 4.74 Å². The molecule has 1 heterocycles. The SMILES string of the molecule is CCNC(C#N)CN1CCOC2CCCCC21. The van der Waals surface area contributed by atoms with Crippen LogP contribution in [-0.4, -0.2) is 49.3 Å². The molecule has 0 bridgehead atoms. The highest BCUT2D eigenvalue weighted by molar-refractivity contribution is 4.96. The maximum absolute atomic E-state index is 9.11. The molecule has 4 nitrogen and oxygen atoms in total. The van der Waals surface area contributed by atoms with Gasteiger partial charge in [0, 0.05) is 19.1 Å². The van der Waals surface area contributed by atoms with E-state index in [0.717, 1.165) is 26.2 Å². The van der Waals surface area contributed by atoms with E-state index in [1.807, 2.05) is 6.92 Å². The third-order valence-corrected chi connectivity index (χ3v) is 3.87. The minimum atomic E-state index is -0.0410. The Kier molecular flexibility index (Phi) is 4.78. The van der Waals surface area contributed by atoms with Gasteiger partial charge >= 0.3 is 0 Å². The molecule has 2 rings (SSSR count). The Hall–Kier alpha value is -0.630. The molecule has 0 aromatic rings. The van der Waals surface area contributed by atoms with Crippen LogP contribution in [0, 0.1) is 11.3 Å². The van der Waals surface area contributed by atoms with Crippen LogP contribution in [0.5, 0.6) is 0 Å². The number of rotatable bonds is 4. The minimum absolute atomic E-state index is 0.0410. The van der Waals surface area contributed by atoms with E-state index in [2.05, 4.69) is 16.3 Å². The summed E-state index contributed by atoms with van der Waals surface area (Å²) < 4.78 is 5.84. The van der Waals surface area contributed by atoms with Gasteiger partial charge in [-0.25, -0.2) is 0 Å². The molecule has 17 heavy (non-hydrogen) atoms. The van der Waals surface area contributed by atoms with Gasteiger partial charge in [0.1, 0.15) is 6.04 Å². The van der Waals surface area contributed by atoms with Gasteiger partial charge in [0.2, 0.25) is 0 Å². The zero-order valence-corrected chi connectivity index (χ0v) is 10.7. The first-order valence-corrected chi connectivity index (χ1v) is 6.83. The molecule has 3 unspecified atom stereocenters. The predicted molar refractivity (Wildman–Crippen MR) is 66.6 cm³/mol. The van der Waals surface area contributed by atoms with Crippen LogP contribution in [0.3, 0.4) is 0 Å². The van der Waals surface area contributed by atoms with Gasteiger partial charge in [-0.3, -0.25) is 4.90 Å². The van der Waals surface area contributed by atoms with Gasteiger partial charge in [-0.15, -0.1) is 0 Å². The van der Waals surface area contributed by atoms with Crippen LogP contribution in [0.25, 0.3) is 0 Å². The topological polar surface area (TPSA) is 48.3 Å². The van der Waals surface area contributed by atoms with Gasteiger partial charge in [-0.1, -0.05) is 19.8 Å². The number of hydrogen-bond donors (Lipinski definition) is 1. The number of nitrogens with one attached hydrogen (secondary N) is 1. The molecular weight excluding hydrogens is 214 g/mol. The Morgan fingerprint density at radius 2 is 2.29 bits per heavy atom. The van der Waals surface area contributed by atoms with Crippen molar-refractivity contribution in [1.82, 2.24) is 10.2 Å². The third kappa shape index (κ3) is 3.19. The van der Waals surface area contributed by atoms with E-state index in [0.29, 0.717) is 12.1 Å².